The molecule has 1 aliphatic carbocycles. The average molecular weight is 509 g/mol. The maximum atomic E-state index is 13.8. The molecule has 2 amide bonds. The van der Waals surface area contributed by atoms with E-state index in [2.05, 4.69) is 0 Å². The Morgan fingerprint density at radius 2 is 1.97 bits per heavy atom. The van der Waals surface area contributed by atoms with Crippen molar-refractivity contribution in [2.45, 2.75) is 45.1 Å². The van der Waals surface area contributed by atoms with Gasteiger partial charge >= 0.3 is 5.97 Å². The first kappa shape index (κ1) is 25.0. The number of halogens is 2. The first-order chi connectivity index (χ1) is 16.4. The van der Waals surface area contributed by atoms with Crippen molar-refractivity contribution in [1.82, 2.24) is 9.80 Å². The lowest BCUT2D eigenvalue weighted by atomic mass is 9.69. The minimum atomic E-state index is -0.964. The largest absolute Gasteiger partial charge is 0.468 e. The van der Waals surface area contributed by atoms with E-state index >= 15 is 0 Å². The van der Waals surface area contributed by atoms with Gasteiger partial charge in [0.05, 0.1) is 26.9 Å². The van der Waals surface area contributed by atoms with Crippen molar-refractivity contribution < 1.29 is 23.9 Å². The molecule has 1 aromatic rings. The van der Waals surface area contributed by atoms with E-state index in [1.807, 2.05) is 6.08 Å². The van der Waals surface area contributed by atoms with Gasteiger partial charge in [-0.05, 0) is 43.4 Å². The van der Waals surface area contributed by atoms with Crippen LogP contribution >= 0.6 is 23.2 Å². The summed E-state index contributed by atoms with van der Waals surface area (Å²) in [6, 6.07) is 5.16. The number of amides is 2. The van der Waals surface area contributed by atoms with Gasteiger partial charge in [0, 0.05) is 41.2 Å². The van der Waals surface area contributed by atoms with Gasteiger partial charge in [-0.3, -0.25) is 14.4 Å². The number of fused-ring (bicyclic) bond motifs is 1. The zero-order chi connectivity index (χ0) is 24.3. The van der Waals surface area contributed by atoms with Gasteiger partial charge in [-0.2, -0.15) is 0 Å². The number of hydrogen-bond acceptors (Lipinski definition) is 5. The van der Waals surface area contributed by atoms with E-state index in [9.17, 15) is 14.4 Å². The first-order valence-corrected chi connectivity index (χ1v) is 12.5. The predicted octanol–water partition coefficient (Wildman–Crippen LogP) is 4.21. The highest BCUT2D eigenvalue weighted by atomic mass is 35.5. The molecule has 0 N–H and O–H groups in total. The Hall–Kier alpha value is -2.09. The van der Waals surface area contributed by atoms with E-state index in [1.165, 1.54) is 7.11 Å². The maximum Gasteiger partial charge on any atom is 0.317 e. The Balaban J connectivity index is 1.70. The Kier molecular flexibility index (Phi) is 7.85. The average Bonchev–Trinajstić information content (AvgIpc) is 3.06. The third kappa shape index (κ3) is 4.97. The summed E-state index contributed by atoms with van der Waals surface area (Å²) in [6.45, 7) is 2.20. The van der Waals surface area contributed by atoms with Crippen LogP contribution < -0.4 is 0 Å². The van der Waals surface area contributed by atoms with Crippen LogP contribution in [0.4, 0.5) is 0 Å². The Labute approximate surface area is 209 Å². The van der Waals surface area contributed by atoms with Crippen LogP contribution in [0.1, 0.15) is 44.1 Å². The van der Waals surface area contributed by atoms with E-state index in [0.29, 0.717) is 48.5 Å². The zero-order valence-corrected chi connectivity index (χ0v) is 20.9. The summed E-state index contributed by atoms with van der Waals surface area (Å²) >= 11 is 12.5. The summed E-state index contributed by atoms with van der Waals surface area (Å²) in [5.74, 6) is -1.24. The highest BCUT2D eigenvalue weighted by Gasteiger charge is 2.54. The fourth-order valence-corrected chi connectivity index (χ4v) is 5.80. The van der Waals surface area contributed by atoms with Crippen molar-refractivity contribution in [1.29, 1.82) is 0 Å². The van der Waals surface area contributed by atoms with E-state index in [4.69, 9.17) is 32.7 Å². The molecule has 2 heterocycles. The number of morpholine rings is 1. The summed E-state index contributed by atoms with van der Waals surface area (Å²) in [5.41, 5.74) is 0.431. The van der Waals surface area contributed by atoms with E-state index in [1.54, 1.807) is 28.0 Å². The number of nitrogens with zero attached hydrogens (tertiary/aromatic N) is 2. The van der Waals surface area contributed by atoms with Gasteiger partial charge in [0.1, 0.15) is 5.41 Å². The molecular weight excluding hydrogens is 479 g/mol. The van der Waals surface area contributed by atoms with Crippen molar-refractivity contribution >= 4 is 41.0 Å². The maximum absolute atomic E-state index is 13.8. The second-order valence-corrected chi connectivity index (χ2v) is 10.0. The Morgan fingerprint density at radius 1 is 1.21 bits per heavy atom. The minimum Gasteiger partial charge on any atom is -0.468 e. The van der Waals surface area contributed by atoms with Crippen LogP contribution in [0.5, 0.6) is 0 Å². The van der Waals surface area contributed by atoms with Crippen molar-refractivity contribution in [3.8, 4) is 0 Å². The number of carbonyl (C=O) groups excluding carboxylic acids is 3. The summed E-state index contributed by atoms with van der Waals surface area (Å²) in [6.07, 6.45) is 5.41. The normalized spacial score (nSPS) is 25.3. The number of hydrogen-bond donors (Lipinski definition) is 0. The van der Waals surface area contributed by atoms with Gasteiger partial charge in [-0.15, -0.1) is 0 Å². The van der Waals surface area contributed by atoms with Gasteiger partial charge < -0.3 is 19.3 Å². The number of likely N-dealkylation sites (tertiary alicyclic amines) is 1. The smallest absolute Gasteiger partial charge is 0.317 e. The van der Waals surface area contributed by atoms with Crippen molar-refractivity contribution in [2.24, 2.45) is 11.3 Å². The van der Waals surface area contributed by atoms with Crippen LogP contribution in [0.15, 0.2) is 30.0 Å². The molecule has 2 aliphatic heterocycles. The van der Waals surface area contributed by atoms with E-state index in [-0.39, 0.29) is 37.2 Å². The number of esters is 1. The van der Waals surface area contributed by atoms with Crippen LogP contribution in [-0.2, 0) is 30.4 Å². The topological polar surface area (TPSA) is 76.2 Å². The van der Waals surface area contributed by atoms with Gasteiger partial charge in [0.25, 0.3) is 0 Å². The molecule has 2 fully saturated rings. The molecule has 0 unspecified atom stereocenters. The fourth-order valence-electron chi connectivity index (χ4n) is 5.34. The molecule has 1 aromatic carbocycles. The second-order valence-electron chi connectivity index (χ2n) is 9.17. The molecule has 0 saturated carbocycles. The highest BCUT2D eigenvalue weighted by Crippen LogP contribution is 2.50. The lowest BCUT2D eigenvalue weighted by Gasteiger charge is -2.46. The Morgan fingerprint density at radius 3 is 2.68 bits per heavy atom. The number of ether oxygens (including phenoxy) is 2. The minimum absolute atomic E-state index is 0.0513. The summed E-state index contributed by atoms with van der Waals surface area (Å²) in [7, 11) is 1.38. The van der Waals surface area contributed by atoms with Gasteiger partial charge in [-0.25, -0.2) is 0 Å². The quantitative estimate of drug-likeness (QED) is 0.556. The molecular formula is C25H30Cl2N2O5. The SMILES string of the molecule is COC(=O)[C@]12CCCCC=C1N(Cc1ccc(Cl)cc1Cl)C(=O)[C@H](CC(=O)N1CCOCC1)C2. The number of piperidine rings is 1. The first-order valence-electron chi connectivity index (χ1n) is 11.8. The summed E-state index contributed by atoms with van der Waals surface area (Å²) < 4.78 is 10.6. The van der Waals surface area contributed by atoms with Crippen molar-refractivity contribution in [2.75, 3.05) is 33.4 Å². The van der Waals surface area contributed by atoms with E-state index in [0.717, 1.165) is 24.8 Å². The number of benzene rings is 1. The second kappa shape index (κ2) is 10.7. The van der Waals surface area contributed by atoms with Crippen LogP contribution in [0.2, 0.25) is 10.0 Å². The molecule has 0 radical (unpaired) electrons. The van der Waals surface area contributed by atoms with Gasteiger partial charge in [0.2, 0.25) is 11.8 Å². The molecule has 9 heteroatoms. The molecule has 0 spiro atoms. The predicted molar refractivity (Wildman–Crippen MR) is 128 cm³/mol. The zero-order valence-electron chi connectivity index (χ0n) is 19.4. The molecule has 3 aliphatic rings. The van der Waals surface area contributed by atoms with Crippen molar-refractivity contribution in [3.63, 3.8) is 0 Å². The molecule has 2 atom stereocenters. The monoisotopic (exact) mass is 508 g/mol. The van der Waals surface area contributed by atoms with Crippen LogP contribution in [-0.4, -0.2) is 61.0 Å². The molecule has 184 valence electrons. The van der Waals surface area contributed by atoms with Crippen molar-refractivity contribution in [3.05, 3.63) is 45.6 Å². The molecule has 34 heavy (non-hydrogen) atoms. The lowest BCUT2D eigenvalue weighted by molar-refractivity contribution is -0.160. The number of allylic oxidation sites excluding steroid dienone is 1. The number of carbonyl (C=O) groups is 3. The number of methoxy groups -OCH3 is 1. The third-order valence-corrected chi connectivity index (χ3v) is 7.68. The van der Waals surface area contributed by atoms with Crippen LogP contribution in [0.25, 0.3) is 0 Å². The molecule has 7 nitrogen and oxygen atoms in total. The molecule has 0 bridgehead atoms. The summed E-state index contributed by atoms with van der Waals surface area (Å²) in [5, 5.41) is 0.954. The molecule has 2 saturated heterocycles. The van der Waals surface area contributed by atoms with Crippen LogP contribution in [0, 0.1) is 11.3 Å². The van der Waals surface area contributed by atoms with Crippen LogP contribution in [0.3, 0.4) is 0 Å². The lowest BCUT2D eigenvalue weighted by Crippen LogP contribution is -2.53. The Bertz CT molecular complexity index is 992. The van der Waals surface area contributed by atoms with Gasteiger partial charge in [0.15, 0.2) is 0 Å². The molecule has 0 aromatic heterocycles. The standard InChI is InChI=1S/C25H30Cl2N2O5/c1-33-24(32)25-8-4-2-3-5-21(25)29(16-17-6-7-19(26)14-20(17)27)23(31)18(15-25)13-22(30)28-9-11-34-12-10-28/h5-7,14,18H,2-4,8-13,15-16H2,1H3/t18-,25+/m1/s1. The summed E-state index contributed by atoms with van der Waals surface area (Å²) in [4.78, 5) is 43.5. The fraction of sp³-hybridized carbons (Fsp3) is 0.560. The molecule has 4 rings (SSSR count). The third-order valence-electron chi connectivity index (χ3n) is 7.09. The highest BCUT2D eigenvalue weighted by molar-refractivity contribution is 6.35. The van der Waals surface area contributed by atoms with Gasteiger partial charge in [-0.1, -0.05) is 41.8 Å². The van der Waals surface area contributed by atoms with E-state index < -0.39 is 11.3 Å². The number of rotatable bonds is 5.